The number of fused-ring (bicyclic) bond motifs is 1. The predicted octanol–water partition coefficient (Wildman–Crippen LogP) is 4.98. The van der Waals surface area contributed by atoms with Gasteiger partial charge in [0, 0.05) is 5.02 Å². The van der Waals surface area contributed by atoms with E-state index in [2.05, 4.69) is 0 Å². The lowest BCUT2D eigenvalue weighted by molar-refractivity contribution is 0.0350. The van der Waals surface area contributed by atoms with Crippen LogP contribution in [-0.4, -0.2) is 5.11 Å². The molecule has 104 valence electrons. The first-order valence-electron chi connectivity index (χ1n) is 7.68. The molecule has 0 aromatic heterocycles. The van der Waals surface area contributed by atoms with Gasteiger partial charge < -0.3 is 5.11 Å². The molecular weight excluding hydrogens is 256 g/mol. The van der Waals surface area contributed by atoms with Crippen LogP contribution in [0.3, 0.4) is 0 Å². The van der Waals surface area contributed by atoms with Crippen molar-refractivity contribution in [2.45, 2.75) is 51.0 Å². The van der Waals surface area contributed by atoms with Gasteiger partial charge in [0.1, 0.15) is 0 Å². The van der Waals surface area contributed by atoms with E-state index in [1.165, 1.54) is 38.5 Å². The number of aliphatic hydroxyl groups is 1. The predicted molar refractivity (Wildman–Crippen MR) is 79.2 cm³/mol. The zero-order valence-electron chi connectivity index (χ0n) is 11.4. The SMILES string of the molecule is OC(c1ccccc1Cl)C1CCC2CCCCC2C1. The van der Waals surface area contributed by atoms with E-state index in [0.717, 1.165) is 23.8 Å². The lowest BCUT2D eigenvalue weighted by Crippen LogP contribution is -2.30. The van der Waals surface area contributed by atoms with Crippen LogP contribution in [0.15, 0.2) is 24.3 Å². The van der Waals surface area contributed by atoms with Crippen molar-refractivity contribution in [2.24, 2.45) is 17.8 Å². The minimum atomic E-state index is -0.378. The van der Waals surface area contributed by atoms with Gasteiger partial charge in [0.2, 0.25) is 0 Å². The molecule has 0 amide bonds. The smallest absolute Gasteiger partial charge is 0.0832 e. The minimum Gasteiger partial charge on any atom is -0.388 e. The van der Waals surface area contributed by atoms with Gasteiger partial charge in [-0.15, -0.1) is 0 Å². The van der Waals surface area contributed by atoms with Crippen LogP contribution in [0.1, 0.15) is 56.6 Å². The zero-order chi connectivity index (χ0) is 13.2. The standard InChI is InChI=1S/C17H23ClO/c18-16-8-4-3-7-15(16)17(19)14-10-9-12-5-1-2-6-13(12)11-14/h3-4,7-8,12-14,17,19H,1-2,5-6,9-11H2. The van der Waals surface area contributed by atoms with Crippen LogP contribution in [0.4, 0.5) is 0 Å². The van der Waals surface area contributed by atoms with Crippen LogP contribution in [0.25, 0.3) is 0 Å². The molecule has 1 aromatic rings. The fraction of sp³-hybridized carbons (Fsp3) is 0.647. The highest BCUT2D eigenvalue weighted by molar-refractivity contribution is 6.31. The molecule has 19 heavy (non-hydrogen) atoms. The van der Waals surface area contributed by atoms with Crippen molar-refractivity contribution in [1.29, 1.82) is 0 Å². The first-order chi connectivity index (χ1) is 9.25. The van der Waals surface area contributed by atoms with Crippen LogP contribution in [0, 0.1) is 17.8 Å². The molecule has 0 heterocycles. The van der Waals surface area contributed by atoms with E-state index in [0.29, 0.717) is 10.9 Å². The topological polar surface area (TPSA) is 20.2 Å². The van der Waals surface area contributed by atoms with Crippen molar-refractivity contribution in [1.82, 2.24) is 0 Å². The van der Waals surface area contributed by atoms with Crippen molar-refractivity contribution in [3.8, 4) is 0 Å². The Morgan fingerprint density at radius 1 is 1.00 bits per heavy atom. The zero-order valence-corrected chi connectivity index (χ0v) is 12.1. The Morgan fingerprint density at radius 3 is 2.53 bits per heavy atom. The summed E-state index contributed by atoms with van der Waals surface area (Å²) in [5, 5.41) is 11.3. The van der Waals surface area contributed by atoms with Crippen LogP contribution in [0.5, 0.6) is 0 Å². The normalized spacial score (nSPS) is 32.6. The number of aliphatic hydroxyl groups excluding tert-OH is 1. The summed E-state index contributed by atoms with van der Waals surface area (Å²) in [7, 11) is 0. The third-order valence-corrected chi connectivity index (χ3v) is 5.59. The molecule has 0 radical (unpaired) electrons. The molecule has 3 rings (SSSR count). The highest BCUT2D eigenvalue weighted by atomic mass is 35.5. The van der Waals surface area contributed by atoms with Gasteiger partial charge in [0.15, 0.2) is 0 Å². The average Bonchev–Trinajstić information content (AvgIpc) is 2.46. The third-order valence-electron chi connectivity index (χ3n) is 5.25. The van der Waals surface area contributed by atoms with Crippen molar-refractivity contribution in [3.63, 3.8) is 0 Å². The summed E-state index contributed by atoms with van der Waals surface area (Å²) < 4.78 is 0. The van der Waals surface area contributed by atoms with Crippen molar-refractivity contribution >= 4 is 11.6 Å². The van der Waals surface area contributed by atoms with Gasteiger partial charge in [-0.05, 0) is 48.6 Å². The maximum Gasteiger partial charge on any atom is 0.0832 e. The molecule has 2 fully saturated rings. The van der Waals surface area contributed by atoms with Crippen molar-refractivity contribution in [2.75, 3.05) is 0 Å². The molecule has 2 aliphatic carbocycles. The fourth-order valence-electron chi connectivity index (χ4n) is 4.17. The molecule has 2 aliphatic rings. The molecular formula is C17H23ClO. The molecule has 1 aromatic carbocycles. The van der Waals surface area contributed by atoms with Crippen LogP contribution >= 0.6 is 11.6 Å². The summed E-state index contributed by atoms with van der Waals surface area (Å²) in [5.74, 6) is 2.19. The molecule has 2 heteroatoms. The monoisotopic (exact) mass is 278 g/mol. The van der Waals surface area contributed by atoms with E-state index in [1.54, 1.807) is 0 Å². The Hall–Kier alpha value is -0.530. The number of benzene rings is 1. The van der Waals surface area contributed by atoms with Crippen LogP contribution < -0.4 is 0 Å². The van der Waals surface area contributed by atoms with E-state index < -0.39 is 0 Å². The van der Waals surface area contributed by atoms with Gasteiger partial charge in [0.25, 0.3) is 0 Å². The van der Waals surface area contributed by atoms with E-state index in [-0.39, 0.29) is 6.10 Å². The Kier molecular flexibility index (Phi) is 4.14. The van der Waals surface area contributed by atoms with Gasteiger partial charge in [-0.3, -0.25) is 0 Å². The van der Waals surface area contributed by atoms with E-state index in [1.807, 2.05) is 24.3 Å². The highest BCUT2D eigenvalue weighted by Gasteiger charge is 2.35. The van der Waals surface area contributed by atoms with Crippen molar-refractivity contribution < 1.29 is 5.11 Å². The Balaban J connectivity index is 1.71. The first-order valence-corrected chi connectivity index (χ1v) is 8.06. The summed E-state index contributed by atoms with van der Waals surface area (Å²) in [6.45, 7) is 0. The Bertz CT molecular complexity index is 431. The molecule has 0 spiro atoms. The second-order valence-electron chi connectivity index (χ2n) is 6.34. The summed E-state index contributed by atoms with van der Waals surface area (Å²) >= 11 is 6.22. The summed E-state index contributed by atoms with van der Waals surface area (Å²) in [5.41, 5.74) is 0.920. The Labute approximate surface area is 121 Å². The maximum absolute atomic E-state index is 10.6. The number of hydrogen-bond donors (Lipinski definition) is 1. The van der Waals surface area contributed by atoms with E-state index >= 15 is 0 Å². The molecule has 1 nitrogen and oxygen atoms in total. The molecule has 4 atom stereocenters. The lowest BCUT2D eigenvalue weighted by atomic mass is 9.66. The second-order valence-corrected chi connectivity index (χ2v) is 6.75. The van der Waals surface area contributed by atoms with E-state index in [4.69, 9.17) is 11.6 Å². The molecule has 2 saturated carbocycles. The number of halogens is 1. The molecule has 4 unspecified atom stereocenters. The van der Waals surface area contributed by atoms with Gasteiger partial charge in [-0.1, -0.05) is 55.5 Å². The molecule has 0 bridgehead atoms. The number of hydrogen-bond acceptors (Lipinski definition) is 1. The first kappa shape index (κ1) is 13.5. The van der Waals surface area contributed by atoms with Gasteiger partial charge in [0.05, 0.1) is 6.10 Å². The third kappa shape index (κ3) is 2.83. The highest BCUT2D eigenvalue weighted by Crippen LogP contribution is 2.46. The average molecular weight is 279 g/mol. The molecule has 0 aliphatic heterocycles. The van der Waals surface area contributed by atoms with Gasteiger partial charge in [-0.2, -0.15) is 0 Å². The van der Waals surface area contributed by atoms with Gasteiger partial charge in [-0.25, -0.2) is 0 Å². The second kappa shape index (κ2) is 5.85. The largest absolute Gasteiger partial charge is 0.388 e. The van der Waals surface area contributed by atoms with E-state index in [9.17, 15) is 5.11 Å². The molecule has 0 saturated heterocycles. The fourth-order valence-corrected chi connectivity index (χ4v) is 4.41. The maximum atomic E-state index is 10.6. The minimum absolute atomic E-state index is 0.378. The van der Waals surface area contributed by atoms with Gasteiger partial charge >= 0.3 is 0 Å². The molecule has 1 N–H and O–H groups in total. The van der Waals surface area contributed by atoms with Crippen LogP contribution in [0.2, 0.25) is 5.02 Å². The van der Waals surface area contributed by atoms with Crippen molar-refractivity contribution in [3.05, 3.63) is 34.9 Å². The summed E-state index contributed by atoms with van der Waals surface area (Å²) in [6, 6.07) is 7.75. The number of rotatable bonds is 2. The lowest BCUT2D eigenvalue weighted by Gasteiger charge is -2.41. The summed E-state index contributed by atoms with van der Waals surface area (Å²) in [6.07, 6.45) is 8.86. The quantitative estimate of drug-likeness (QED) is 0.809. The van der Waals surface area contributed by atoms with Crippen LogP contribution in [-0.2, 0) is 0 Å². The summed E-state index contributed by atoms with van der Waals surface area (Å²) in [4.78, 5) is 0. The Morgan fingerprint density at radius 2 is 1.74 bits per heavy atom.